The Bertz CT molecular complexity index is 1500. The van der Waals surface area contributed by atoms with Gasteiger partial charge in [-0.2, -0.15) is 5.10 Å². The lowest BCUT2D eigenvalue weighted by molar-refractivity contribution is 0.901. The topological polar surface area (TPSA) is 92.8 Å². The van der Waals surface area contributed by atoms with Gasteiger partial charge < -0.3 is 16.0 Å². The number of aryl methyl sites for hydroxylation is 2. The Morgan fingerprint density at radius 3 is 2.74 bits per heavy atom. The van der Waals surface area contributed by atoms with Crippen LogP contribution in [0.15, 0.2) is 67.1 Å². The first-order valence-electron chi connectivity index (χ1n) is 11.2. The summed E-state index contributed by atoms with van der Waals surface area (Å²) in [4.78, 5) is 10.8. The van der Waals surface area contributed by atoms with Gasteiger partial charge in [-0.1, -0.05) is 12.1 Å². The van der Waals surface area contributed by atoms with Gasteiger partial charge in [-0.15, -0.1) is 5.10 Å². The highest BCUT2D eigenvalue weighted by Gasteiger charge is 2.11. The van der Waals surface area contributed by atoms with Gasteiger partial charge in [0.25, 0.3) is 0 Å². The molecule has 2 aromatic carbocycles. The average Bonchev–Trinajstić information content (AvgIpc) is 2.85. The number of nitrogens with two attached hydrogens (primary N) is 1. The normalized spacial score (nSPS) is 11.1. The Morgan fingerprint density at radius 2 is 1.85 bits per heavy atom. The van der Waals surface area contributed by atoms with Crippen LogP contribution in [0, 0.1) is 13.8 Å². The third-order valence-electron chi connectivity index (χ3n) is 6.33. The van der Waals surface area contributed by atoms with Crippen molar-refractivity contribution in [2.24, 2.45) is 0 Å². The number of hydrogen-bond donors (Lipinski definition) is 2. The predicted octanol–water partition coefficient (Wildman–Crippen LogP) is 5.02. The Balaban J connectivity index is 1.33. The van der Waals surface area contributed by atoms with E-state index in [1.54, 1.807) is 12.4 Å². The molecule has 0 amide bonds. The van der Waals surface area contributed by atoms with Crippen molar-refractivity contribution < 1.29 is 0 Å². The van der Waals surface area contributed by atoms with E-state index in [9.17, 15) is 0 Å². The molecule has 5 aromatic rings. The van der Waals surface area contributed by atoms with Gasteiger partial charge in [0.1, 0.15) is 5.82 Å². The first kappa shape index (κ1) is 21.6. The molecule has 34 heavy (non-hydrogen) atoms. The zero-order chi connectivity index (χ0) is 23.7. The maximum Gasteiger partial charge on any atom is 0.150 e. The predicted molar refractivity (Wildman–Crippen MR) is 139 cm³/mol. The SMILES string of the molecule is Cc1cc2c(N)nccc2c(C)c1CNc1cc(N(C)Cc2ccc3ncccc3c2)cnn1. The molecular formula is C27H27N7. The number of nitrogens with one attached hydrogen (secondary N) is 1. The molecule has 0 spiro atoms. The van der Waals surface area contributed by atoms with Gasteiger partial charge in [-0.3, -0.25) is 4.98 Å². The van der Waals surface area contributed by atoms with E-state index in [1.165, 1.54) is 22.3 Å². The summed E-state index contributed by atoms with van der Waals surface area (Å²) >= 11 is 0. The number of pyridine rings is 2. The van der Waals surface area contributed by atoms with Gasteiger partial charge >= 0.3 is 0 Å². The highest BCUT2D eigenvalue weighted by molar-refractivity contribution is 5.94. The fraction of sp³-hybridized carbons (Fsp3) is 0.185. The largest absolute Gasteiger partial charge is 0.383 e. The number of rotatable bonds is 6. The summed E-state index contributed by atoms with van der Waals surface area (Å²) in [6, 6.07) is 16.6. The van der Waals surface area contributed by atoms with Crippen molar-refractivity contribution in [1.29, 1.82) is 0 Å². The summed E-state index contributed by atoms with van der Waals surface area (Å²) in [5.74, 6) is 1.30. The average molecular weight is 450 g/mol. The van der Waals surface area contributed by atoms with E-state index in [4.69, 9.17) is 5.73 Å². The molecule has 0 radical (unpaired) electrons. The van der Waals surface area contributed by atoms with Crippen LogP contribution in [0.25, 0.3) is 21.7 Å². The van der Waals surface area contributed by atoms with Crippen LogP contribution in [0.3, 0.4) is 0 Å². The van der Waals surface area contributed by atoms with Gasteiger partial charge in [0.15, 0.2) is 5.82 Å². The van der Waals surface area contributed by atoms with Crippen molar-refractivity contribution in [2.45, 2.75) is 26.9 Å². The molecule has 3 aromatic heterocycles. The maximum atomic E-state index is 6.08. The van der Waals surface area contributed by atoms with Gasteiger partial charge in [0.2, 0.25) is 0 Å². The Morgan fingerprint density at radius 1 is 0.971 bits per heavy atom. The van der Waals surface area contributed by atoms with Gasteiger partial charge in [0.05, 0.1) is 17.4 Å². The molecule has 3 N–H and O–H groups in total. The fourth-order valence-corrected chi connectivity index (χ4v) is 4.42. The Labute approximate surface area is 198 Å². The molecule has 7 nitrogen and oxygen atoms in total. The number of anilines is 3. The van der Waals surface area contributed by atoms with E-state index in [2.05, 4.69) is 81.6 Å². The van der Waals surface area contributed by atoms with Crippen molar-refractivity contribution in [3.05, 3.63) is 89.4 Å². The summed E-state index contributed by atoms with van der Waals surface area (Å²) in [6.07, 6.45) is 5.36. The lowest BCUT2D eigenvalue weighted by atomic mass is 9.96. The van der Waals surface area contributed by atoms with E-state index >= 15 is 0 Å². The molecule has 3 heterocycles. The third-order valence-corrected chi connectivity index (χ3v) is 6.33. The monoisotopic (exact) mass is 449 g/mol. The molecule has 0 bridgehead atoms. The maximum absolute atomic E-state index is 6.08. The summed E-state index contributed by atoms with van der Waals surface area (Å²) in [5, 5.41) is 15.2. The summed E-state index contributed by atoms with van der Waals surface area (Å²) in [5.41, 5.74) is 12.9. The van der Waals surface area contributed by atoms with Crippen molar-refractivity contribution in [3.63, 3.8) is 0 Å². The van der Waals surface area contributed by atoms with Crippen molar-refractivity contribution in [1.82, 2.24) is 20.2 Å². The lowest BCUT2D eigenvalue weighted by Gasteiger charge is -2.20. The number of nitrogens with zero attached hydrogens (tertiary/aromatic N) is 5. The Hall–Kier alpha value is -4.26. The molecule has 0 unspecified atom stereocenters. The molecule has 0 atom stereocenters. The van der Waals surface area contributed by atoms with Crippen molar-refractivity contribution in [3.8, 4) is 0 Å². The second-order valence-corrected chi connectivity index (χ2v) is 8.63. The molecule has 0 saturated heterocycles. The number of benzene rings is 2. The van der Waals surface area contributed by atoms with Crippen LogP contribution in [0.1, 0.15) is 22.3 Å². The molecule has 0 fully saturated rings. The molecular weight excluding hydrogens is 422 g/mol. The fourth-order valence-electron chi connectivity index (χ4n) is 4.42. The number of hydrogen-bond acceptors (Lipinski definition) is 7. The lowest BCUT2D eigenvalue weighted by Crippen LogP contribution is -2.17. The van der Waals surface area contributed by atoms with E-state index in [0.717, 1.165) is 39.7 Å². The second-order valence-electron chi connectivity index (χ2n) is 8.63. The van der Waals surface area contributed by atoms with Crippen molar-refractivity contribution >= 4 is 39.0 Å². The minimum atomic E-state index is 0.562. The van der Waals surface area contributed by atoms with Crippen LogP contribution >= 0.6 is 0 Å². The highest BCUT2D eigenvalue weighted by atomic mass is 15.2. The standard InChI is InChI=1S/C27H27N7/c1-17-11-23-22(8-10-30-27(23)28)18(2)24(17)15-31-26-13-21(14-32-33-26)34(3)16-19-6-7-25-20(12-19)5-4-9-29-25/h4-14H,15-16H2,1-3H3,(H2,28,30)(H,31,33). The van der Waals surface area contributed by atoms with E-state index in [-0.39, 0.29) is 0 Å². The summed E-state index contributed by atoms with van der Waals surface area (Å²) < 4.78 is 0. The first-order valence-corrected chi connectivity index (χ1v) is 11.2. The smallest absolute Gasteiger partial charge is 0.150 e. The third kappa shape index (κ3) is 4.20. The summed E-state index contributed by atoms with van der Waals surface area (Å²) in [7, 11) is 2.06. The van der Waals surface area contributed by atoms with Crippen LogP contribution in [-0.4, -0.2) is 27.2 Å². The van der Waals surface area contributed by atoms with Crippen LogP contribution in [-0.2, 0) is 13.1 Å². The molecule has 0 aliphatic carbocycles. The molecule has 7 heteroatoms. The van der Waals surface area contributed by atoms with Crippen LogP contribution in [0.5, 0.6) is 0 Å². The zero-order valence-electron chi connectivity index (χ0n) is 19.6. The van der Waals surface area contributed by atoms with E-state index < -0.39 is 0 Å². The molecule has 0 aliphatic heterocycles. The summed E-state index contributed by atoms with van der Waals surface area (Å²) in [6.45, 7) is 5.63. The molecule has 170 valence electrons. The van der Waals surface area contributed by atoms with Crippen molar-refractivity contribution in [2.75, 3.05) is 23.0 Å². The second kappa shape index (κ2) is 8.94. The van der Waals surface area contributed by atoms with E-state index in [0.29, 0.717) is 12.4 Å². The molecule has 0 saturated carbocycles. The van der Waals surface area contributed by atoms with E-state index in [1.807, 2.05) is 24.4 Å². The van der Waals surface area contributed by atoms with Crippen LogP contribution in [0.4, 0.5) is 17.3 Å². The quantitative estimate of drug-likeness (QED) is 0.376. The van der Waals surface area contributed by atoms with Gasteiger partial charge in [0, 0.05) is 49.4 Å². The Kier molecular flexibility index (Phi) is 5.67. The highest BCUT2D eigenvalue weighted by Crippen LogP contribution is 2.28. The van der Waals surface area contributed by atoms with Crippen LogP contribution < -0.4 is 16.0 Å². The first-order chi connectivity index (χ1) is 16.5. The zero-order valence-corrected chi connectivity index (χ0v) is 19.6. The minimum absolute atomic E-state index is 0.562. The molecule has 0 aliphatic rings. The number of fused-ring (bicyclic) bond motifs is 2. The van der Waals surface area contributed by atoms with Gasteiger partial charge in [-0.05, 0) is 71.8 Å². The van der Waals surface area contributed by atoms with Crippen LogP contribution in [0.2, 0.25) is 0 Å². The van der Waals surface area contributed by atoms with Gasteiger partial charge in [-0.25, -0.2) is 4.98 Å². The minimum Gasteiger partial charge on any atom is -0.383 e. The number of aromatic nitrogens is 4. The molecule has 5 rings (SSSR count). The number of nitrogen functional groups attached to an aromatic ring is 1.